The second kappa shape index (κ2) is 5.03. The van der Waals surface area contributed by atoms with Crippen LogP contribution in [-0.2, 0) is 11.2 Å². The van der Waals surface area contributed by atoms with Gasteiger partial charge < -0.3 is 4.90 Å². The molecule has 0 N–H and O–H groups in total. The zero-order valence-electron chi connectivity index (χ0n) is 9.38. The van der Waals surface area contributed by atoms with Gasteiger partial charge in [-0.25, -0.2) is 4.39 Å². The van der Waals surface area contributed by atoms with E-state index in [0.29, 0.717) is 13.0 Å². The second-order valence-electron chi connectivity index (χ2n) is 4.02. The summed E-state index contributed by atoms with van der Waals surface area (Å²) in [6.45, 7) is 2.29. The first-order valence-electron chi connectivity index (χ1n) is 4.90. The number of nitrogens with zero attached hydrogens (tertiary/aromatic N) is 1. The summed E-state index contributed by atoms with van der Waals surface area (Å²) in [6, 6.07) is 4.55. The van der Waals surface area contributed by atoms with Gasteiger partial charge in [-0.15, -0.1) is 0 Å². The fraction of sp³-hybridized carbons (Fsp3) is 0.417. The van der Waals surface area contributed by atoms with Crippen LogP contribution in [0.15, 0.2) is 18.2 Å². The first-order chi connectivity index (χ1) is 6.99. The Bertz CT molecular complexity index is 361. The second-order valence-corrected chi connectivity index (χ2v) is 4.02. The molecule has 3 heteroatoms. The van der Waals surface area contributed by atoms with Gasteiger partial charge in [0.05, 0.1) is 6.54 Å². The minimum atomic E-state index is -0.284. The number of carbonyl (C=O) groups excluding carboxylic acids is 1. The number of Topliss-reactive ketones (excluding diaryl/α,β-unsaturated/α-hetero) is 1. The third-order valence-corrected chi connectivity index (χ3v) is 2.19. The van der Waals surface area contributed by atoms with Crippen molar-refractivity contribution in [2.75, 3.05) is 20.6 Å². The van der Waals surface area contributed by atoms with Gasteiger partial charge in [0.1, 0.15) is 5.82 Å². The monoisotopic (exact) mass is 209 g/mol. The van der Waals surface area contributed by atoms with Crippen molar-refractivity contribution in [3.8, 4) is 0 Å². The molecule has 0 atom stereocenters. The van der Waals surface area contributed by atoms with E-state index in [1.165, 1.54) is 12.1 Å². The lowest BCUT2D eigenvalue weighted by Crippen LogP contribution is -2.23. The smallest absolute Gasteiger partial charge is 0.151 e. The zero-order valence-corrected chi connectivity index (χ0v) is 9.38. The van der Waals surface area contributed by atoms with Crippen LogP contribution in [-0.4, -0.2) is 31.3 Å². The zero-order chi connectivity index (χ0) is 11.4. The Morgan fingerprint density at radius 1 is 1.40 bits per heavy atom. The van der Waals surface area contributed by atoms with Gasteiger partial charge in [-0.05, 0) is 44.3 Å². The van der Waals surface area contributed by atoms with E-state index >= 15 is 0 Å². The fourth-order valence-corrected chi connectivity index (χ4v) is 1.45. The molecule has 0 amide bonds. The van der Waals surface area contributed by atoms with E-state index in [4.69, 9.17) is 0 Å². The van der Waals surface area contributed by atoms with Crippen LogP contribution < -0.4 is 0 Å². The van der Waals surface area contributed by atoms with E-state index in [2.05, 4.69) is 0 Å². The van der Waals surface area contributed by atoms with Crippen LogP contribution in [0.1, 0.15) is 11.1 Å². The minimum Gasteiger partial charge on any atom is -0.302 e. The highest BCUT2D eigenvalue weighted by Crippen LogP contribution is 2.11. The molecule has 1 rings (SSSR count). The Labute approximate surface area is 89.7 Å². The van der Waals surface area contributed by atoms with Gasteiger partial charge in [-0.2, -0.15) is 0 Å². The van der Waals surface area contributed by atoms with Gasteiger partial charge in [0.2, 0.25) is 0 Å². The molecule has 0 aliphatic heterocycles. The summed E-state index contributed by atoms with van der Waals surface area (Å²) in [5.74, 6) is -0.179. The summed E-state index contributed by atoms with van der Waals surface area (Å²) in [4.78, 5) is 13.3. The molecule has 0 saturated carbocycles. The Hall–Kier alpha value is -1.22. The maximum atomic E-state index is 12.9. The molecule has 1 aromatic rings. The van der Waals surface area contributed by atoms with Crippen molar-refractivity contribution in [2.45, 2.75) is 13.3 Å². The van der Waals surface area contributed by atoms with Crippen molar-refractivity contribution in [2.24, 2.45) is 0 Å². The first-order valence-corrected chi connectivity index (χ1v) is 4.90. The highest BCUT2D eigenvalue weighted by Gasteiger charge is 2.07. The highest BCUT2D eigenvalue weighted by atomic mass is 19.1. The van der Waals surface area contributed by atoms with Crippen LogP contribution in [0.2, 0.25) is 0 Å². The molecule has 1 aromatic carbocycles. The molecule has 0 unspecified atom stereocenters. The summed E-state index contributed by atoms with van der Waals surface area (Å²) < 4.78 is 12.9. The van der Waals surface area contributed by atoms with Crippen LogP contribution in [0.3, 0.4) is 0 Å². The number of halogens is 1. The van der Waals surface area contributed by atoms with Crippen LogP contribution in [0.5, 0.6) is 0 Å². The van der Waals surface area contributed by atoms with Crippen molar-refractivity contribution >= 4 is 5.78 Å². The largest absolute Gasteiger partial charge is 0.302 e. The third kappa shape index (κ3) is 3.80. The molecular formula is C12H16FNO. The number of likely N-dealkylation sites (N-methyl/N-ethyl adjacent to an activating group) is 1. The van der Waals surface area contributed by atoms with Crippen LogP contribution in [0.4, 0.5) is 4.39 Å². The molecular weight excluding hydrogens is 193 g/mol. The van der Waals surface area contributed by atoms with E-state index in [1.807, 2.05) is 25.9 Å². The Balaban J connectivity index is 2.71. The van der Waals surface area contributed by atoms with Gasteiger partial charge in [-0.1, -0.05) is 6.07 Å². The standard InChI is InChI=1S/C12H16FNO/c1-9-4-5-11(13)6-10(9)7-12(15)8-14(2)3/h4-6H,7-8H2,1-3H3. The third-order valence-electron chi connectivity index (χ3n) is 2.19. The van der Waals surface area contributed by atoms with Crippen molar-refractivity contribution in [3.63, 3.8) is 0 Å². The molecule has 15 heavy (non-hydrogen) atoms. The van der Waals surface area contributed by atoms with E-state index in [1.54, 1.807) is 6.07 Å². The number of rotatable bonds is 4. The number of ketones is 1. The Kier molecular flexibility index (Phi) is 3.97. The highest BCUT2D eigenvalue weighted by molar-refractivity contribution is 5.83. The predicted molar refractivity (Wildman–Crippen MR) is 58.4 cm³/mol. The minimum absolute atomic E-state index is 0.105. The van der Waals surface area contributed by atoms with Crippen LogP contribution in [0, 0.1) is 12.7 Å². The average Bonchev–Trinajstić information content (AvgIpc) is 2.10. The normalized spacial score (nSPS) is 10.7. The molecule has 0 aliphatic rings. The first kappa shape index (κ1) is 11.9. The van der Waals surface area contributed by atoms with Crippen LogP contribution >= 0.6 is 0 Å². The number of aryl methyl sites for hydroxylation is 1. The Morgan fingerprint density at radius 3 is 2.67 bits per heavy atom. The van der Waals surface area contributed by atoms with Gasteiger partial charge in [0.15, 0.2) is 5.78 Å². The van der Waals surface area contributed by atoms with Crippen LogP contribution in [0.25, 0.3) is 0 Å². The molecule has 0 aromatic heterocycles. The molecule has 0 aliphatic carbocycles. The summed E-state index contributed by atoms with van der Waals surface area (Å²) in [7, 11) is 3.69. The Morgan fingerprint density at radius 2 is 2.07 bits per heavy atom. The topological polar surface area (TPSA) is 20.3 Å². The molecule has 0 fully saturated rings. The molecule has 0 radical (unpaired) electrons. The molecule has 0 saturated heterocycles. The van der Waals surface area contributed by atoms with E-state index in [-0.39, 0.29) is 11.6 Å². The van der Waals surface area contributed by atoms with Gasteiger partial charge in [0.25, 0.3) is 0 Å². The molecule has 0 heterocycles. The van der Waals surface area contributed by atoms with Gasteiger partial charge in [0, 0.05) is 6.42 Å². The average molecular weight is 209 g/mol. The summed E-state index contributed by atoms with van der Waals surface area (Å²) in [5, 5.41) is 0. The summed E-state index contributed by atoms with van der Waals surface area (Å²) >= 11 is 0. The maximum absolute atomic E-state index is 12.9. The number of hydrogen-bond acceptors (Lipinski definition) is 2. The van der Waals surface area contributed by atoms with Gasteiger partial charge >= 0.3 is 0 Å². The predicted octanol–water partition coefficient (Wildman–Crippen LogP) is 1.81. The number of benzene rings is 1. The number of carbonyl (C=O) groups is 1. The molecule has 2 nitrogen and oxygen atoms in total. The lowest BCUT2D eigenvalue weighted by atomic mass is 10.0. The van der Waals surface area contributed by atoms with Gasteiger partial charge in [-0.3, -0.25) is 4.79 Å². The van der Waals surface area contributed by atoms with Crippen molar-refractivity contribution in [1.82, 2.24) is 4.90 Å². The van der Waals surface area contributed by atoms with E-state index < -0.39 is 0 Å². The lowest BCUT2D eigenvalue weighted by Gasteiger charge is -2.09. The van der Waals surface area contributed by atoms with Crippen molar-refractivity contribution < 1.29 is 9.18 Å². The molecule has 0 spiro atoms. The molecule has 0 bridgehead atoms. The van der Waals surface area contributed by atoms with Crippen molar-refractivity contribution in [1.29, 1.82) is 0 Å². The van der Waals surface area contributed by atoms with Crippen molar-refractivity contribution in [3.05, 3.63) is 35.1 Å². The molecule has 82 valence electrons. The van der Waals surface area contributed by atoms with E-state index in [0.717, 1.165) is 11.1 Å². The quantitative estimate of drug-likeness (QED) is 0.753. The number of hydrogen-bond donors (Lipinski definition) is 0. The summed E-state index contributed by atoms with van der Waals surface area (Å²) in [5.41, 5.74) is 1.74. The summed E-state index contributed by atoms with van der Waals surface area (Å²) in [6.07, 6.45) is 0.307. The SMILES string of the molecule is Cc1ccc(F)cc1CC(=O)CN(C)C. The lowest BCUT2D eigenvalue weighted by molar-refractivity contribution is -0.119. The van der Waals surface area contributed by atoms with E-state index in [9.17, 15) is 9.18 Å². The maximum Gasteiger partial charge on any atom is 0.151 e. The fourth-order valence-electron chi connectivity index (χ4n) is 1.45.